The number of benzene rings is 1. The predicted molar refractivity (Wildman–Crippen MR) is 85.3 cm³/mol. The fourth-order valence-corrected chi connectivity index (χ4v) is 2.15. The lowest BCUT2D eigenvalue weighted by Gasteiger charge is -2.16. The van der Waals surface area contributed by atoms with Gasteiger partial charge in [0.1, 0.15) is 11.9 Å². The Balaban J connectivity index is 2.45. The highest BCUT2D eigenvalue weighted by Gasteiger charge is 2.21. The molecule has 0 saturated carbocycles. The van der Waals surface area contributed by atoms with Crippen molar-refractivity contribution in [2.75, 3.05) is 26.6 Å². The van der Waals surface area contributed by atoms with E-state index in [-0.39, 0.29) is 35.4 Å². The number of ether oxygens (including phenoxy) is 3. The number of hydrogen-bond acceptors (Lipinski definition) is 7. The molecule has 7 nitrogen and oxygen atoms in total. The Kier molecular flexibility index (Phi) is 5.88. The van der Waals surface area contributed by atoms with E-state index in [1.165, 1.54) is 26.4 Å². The second kappa shape index (κ2) is 7.89. The molecule has 0 radical (unpaired) electrons. The van der Waals surface area contributed by atoms with Gasteiger partial charge in [0.15, 0.2) is 5.82 Å². The zero-order valence-corrected chi connectivity index (χ0v) is 13.7. The number of hydrogen-bond donors (Lipinski definition) is 2. The fraction of sp³-hybridized carbons (Fsp3) is 0.375. The molecule has 2 aromatic rings. The standard InChI is InChI=1S/C16H20FN3O4/c1-4-24-8-9-5-10(17)6-11(14(9)18)15(21)16-19-12(22-2)7-13(20-16)23-3/h5-7,15,21H,4,8,18H2,1-3H3. The van der Waals surface area contributed by atoms with Gasteiger partial charge < -0.3 is 25.1 Å². The van der Waals surface area contributed by atoms with E-state index < -0.39 is 11.9 Å². The van der Waals surface area contributed by atoms with Crippen molar-refractivity contribution in [3.63, 3.8) is 0 Å². The summed E-state index contributed by atoms with van der Waals surface area (Å²) in [5.74, 6) is -0.130. The molecule has 0 spiro atoms. The van der Waals surface area contributed by atoms with Crippen LogP contribution in [-0.4, -0.2) is 35.9 Å². The highest BCUT2D eigenvalue weighted by atomic mass is 19.1. The smallest absolute Gasteiger partial charge is 0.220 e. The topological polar surface area (TPSA) is 99.7 Å². The van der Waals surface area contributed by atoms with Crippen molar-refractivity contribution in [2.45, 2.75) is 19.6 Å². The maximum absolute atomic E-state index is 13.9. The normalized spacial score (nSPS) is 12.0. The summed E-state index contributed by atoms with van der Waals surface area (Å²) in [6.45, 7) is 2.42. The molecule has 0 aliphatic heterocycles. The lowest BCUT2D eigenvalue weighted by Crippen LogP contribution is -2.12. The van der Waals surface area contributed by atoms with E-state index in [1.54, 1.807) is 0 Å². The number of nitrogens with zero attached hydrogens (tertiary/aromatic N) is 2. The molecule has 1 aromatic heterocycles. The molecule has 1 aromatic carbocycles. The zero-order chi connectivity index (χ0) is 17.7. The number of nitrogens with two attached hydrogens (primary N) is 1. The molecular formula is C16H20FN3O4. The molecule has 1 heterocycles. The van der Waals surface area contributed by atoms with E-state index in [0.717, 1.165) is 6.07 Å². The number of rotatable bonds is 7. The van der Waals surface area contributed by atoms with Crippen LogP contribution in [0.1, 0.15) is 30.0 Å². The third-order valence-electron chi connectivity index (χ3n) is 3.38. The van der Waals surface area contributed by atoms with Crippen LogP contribution in [0.4, 0.5) is 10.1 Å². The molecule has 0 aliphatic rings. The largest absolute Gasteiger partial charge is 0.481 e. The zero-order valence-electron chi connectivity index (χ0n) is 13.7. The molecule has 0 aliphatic carbocycles. The second-order valence-corrected chi connectivity index (χ2v) is 4.92. The molecule has 24 heavy (non-hydrogen) atoms. The predicted octanol–water partition coefficient (Wildman–Crippen LogP) is 1.83. The molecular weight excluding hydrogens is 317 g/mol. The third kappa shape index (κ3) is 3.90. The highest BCUT2D eigenvalue weighted by Crippen LogP contribution is 2.30. The van der Waals surface area contributed by atoms with E-state index in [2.05, 4.69) is 9.97 Å². The van der Waals surface area contributed by atoms with Crippen LogP contribution in [0.3, 0.4) is 0 Å². The molecule has 1 atom stereocenters. The Morgan fingerprint density at radius 2 is 1.79 bits per heavy atom. The first-order valence-electron chi connectivity index (χ1n) is 7.30. The Morgan fingerprint density at radius 3 is 2.33 bits per heavy atom. The monoisotopic (exact) mass is 337 g/mol. The minimum absolute atomic E-state index is 0.00846. The maximum atomic E-state index is 13.9. The van der Waals surface area contributed by atoms with Gasteiger partial charge in [-0.3, -0.25) is 0 Å². The molecule has 3 N–H and O–H groups in total. The first-order valence-corrected chi connectivity index (χ1v) is 7.30. The molecule has 0 amide bonds. The van der Waals surface area contributed by atoms with Crippen molar-refractivity contribution >= 4 is 5.69 Å². The van der Waals surface area contributed by atoms with Gasteiger partial charge in [-0.25, -0.2) is 4.39 Å². The van der Waals surface area contributed by atoms with Crippen LogP contribution in [0.25, 0.3) is 0 Å². The molecule has 0 bridgehead atoms. The van der Waals surface area contributed by atoms with Crippen molar-refractivity contribution in [2.24, 2.45) is 0 Å². The van der Waals surface area contributed by atoms with Gasteiger partial charge in [-0.05, 0) is 19.1 Å². The first-order chi connectivity index (χ1) is 11.5. The molecule has 8 heteroatoms. The SMILES string of the molecule is CCOCc1cc(F)cc(C(O)c2nc(OC)cc(OC)n2)c1N. The summed E-state index contributed by atoms with van der Waals surface area (Å²) >= 11 is 0. The van der Waals surface area contributed by atoms with E-state index >= 15 is 0 Å². The van der Waals surface area contributed by atoms with Gasteiger partial charge >= 0.3 is 0 Å². The molecule has 0 fully saturated rings. The average molecular weight is 337 g/mol. The summed E-state index contributed by atoms with van der Waals surface area (Å²) in [6.07, 6.45) is -1.34. The van der Waals surface area contributed by atoms with Crippen LogP contribution >= 0.6 is 0 Å². The van der Waals surface area contributed by atoms with Gasteiger partial charge in [-0.15, -0.1) is 0 Å². The van der Waals surface area contributed by atoms with Crippen molar-refractivity contribution < 1.29 is 23.7 Å². The first kappa shape index (κ1) is 17.9. The number of aliphatic hydroxyl groups excluding tert-OH is 1. The third-order valence-corrected chi connectivity index (χ3v) is 3.38. The minimum atomic E-state index is -1.34. The Labute approximate surface area is 139 Å². The van der Waals surface area contributed by atoms with Gasteiger partial charge in [0.25, 0.3) is 0 Å². The Bertz CT molecular complexity index is 690. The number of nitrogen functional groups attached to an aromatic ring is 1. The summed E-state index contributed by atoms with van der Waals surface area (Å²) in [6, 6.07) is 3.88. The minimum Gasteiger partial charge on any atom is -0.481 e. The van der Waals surface area contributed by atoms with Crippen LogP contribution in [0.5, 0.6) is 11.8 Å². The highest BCUT2D eigenvalue weighted by molar-refractivity contribution is 5.56. The van der Waals surface area contributed by atoms with E-state index in [4.69, 9.17) is 19.9 Å². The number of aliphatic hydroxyl groups is 1. The van der Waals surface area contributed by atoms with Gasteiger partial charge in [-0.1, -0.05) is 0 Å². The van der Waals surface area contributed by atoms with Crippen LogP contribution < -0.4 is 15.2 Å². The summed E-state index contributed by atoms with van der Waals surface area (Å²) in [5, 5.41) is 10.6. The van der Waals surface area contributed by atoms with E-state index in [1.807, 2.05) is 6.92 Å². The summed E-state index contributed by atoms with van der Waals surface area (Å²) < 4.78 is 29.3. The van der Waals surface area contributed by atoms with Crippen molar-refractivity contribution in [3.8, 4) is 11.8 Å². The number of anilines is 1. The van der Waals surface area contributed by atoms with E-state index in [0.29, 0.717) is 12.2 Å². The van der Waals surface area contributed by atoms with Crippen LogP contribution in [0.2, 0.25) is 0 Å². The van der Waals surface area contributed by atoms with Gasteiger partial charge in [0, 0.05) is 23.4 Å². The summed E-state index contributed by atoms with van der Waals surface area (Å²) in [4.78, 5) is 8.13. The maximum Gasteiger partial charge on any atom is 0.220 e. The Morgan fingerprint density at radius 1 is 1.17 bits per heavy atom. The van der Waals surface area contributed by atoms with Crippen LogP contribution in [-0.2, 0) is 11.3 Å². The molecule has 0 saturated heterocycles. The van der Waals surface area contributed by atoms with Crippen LogP contribution in [0.15, 0.2) is 18.2 Å². The van der Waals surface area contributed by atoms with Gasteiger partial charge in [0.05, 0.1) is 26.9 Å². The van der Waals surface area contributed by atoms with Gasteiger partial charge in [0.2, 0.25) is 11.8 Å². The van der Waals surface area contributed by atoms with Crippen molar-refractivity contribution in [1.82, 2.24) is 9.97 Å². The number of aromatic nitrogens is 2. The number of halogens is 1. The lowest BCUT2D eigenvalue weighted by atomic mass is 10.0. The summed E-state index contributed by atoms with van der Waals surface area (Å²) in [7, 11) is 2.85. The molecule has 2 rings (SSSR count). The van der Waals surface area contributed by atoms with E-state index in [9.17, 15) is 9.50 Å². The van der Waals surface area contributed by atoms with Crippen LogP contribution in [0, 0.1) is 5.82 Å². The van der Waals surface area contributed by atoms with Gasteiger partial charge in [-0.2, -0.15) is 9.97 Å². The summed E-state index contributed by atoms with van der Waals surface area (Å²) in [5.41, 5.74) is 6.87. The fourth-order valence-electron chi connectivity index (χ4n) is 2.15. The van der Waals surface area contributed by atoms with Crippen molar-refractivity contribution in [1.29, 1.82) is 0 Å². The second-order valence-electron chi connectivity index (χ2n) is 4.92. The Hall–Kier alpha value is -2.45. The van der Waals surface area contributed by atoms with Crippen molar-refractivity contribution in [3.05, 3.63) is 41.0 Å². The quantitative estimate of drug-likeness (QED) is 0.744. The molecule has 1 unspecified atom stereocenters. The lowest BCUT2D eigenvalue weighted by molar-refractivity contribution is 0.134. The average Bonchev–Trinajstić information content (AvgIpc) is 2.60. The molecule has 130 valence electrons. The number of methoxy groups -OCH3 is 2.